The second kappa shape index (κ2) is 6.38. The Morgan fingerprint density at radius 2 is 1.93 bits per heavy atom. The van der Waals surface area contributed by atoms with Gasteiger partial charge in [-0.25, -0.2) is 0 Å². The molecular formula is C11H21NOS2. The van der Waals surface area contributed by atoms with Crippen LogP contribution < -0.4 is 5.32 Å². The van der Waals surface area contributed by atoms with E-state index >= 15 is 0 Å². The van der Waals surface area contributed by atoms with Gasteiger partial charge < -0.3 is 10.4 Å². The highest BCUT2D eigenvalue weighted by Gasteiger charge is 2.20. The molecule has 0 aromatic heterocycles. The van der Waals surface area contributed by atoms with Gasteiger partial charge in [0.1, 0.15) is 0 Å². The third-order valence-corrected chi connectivity index (χ3v) is 6.06. The van der Waals surface area contributed by atoms with Gasteiger partial charge in [0.15, 0.2) is 0 Å². The molecule has 1 aliphatic carbocycles. The molecule has 88 valence electrons. The number of hydrogen-bond acceptors (Lipinski definition) is 4. The second-order valence-electron chi connectivity index (χ2n) is 4.48. The molecule has 0 amide bonds. The van der Waals surface area contributed by atoms with Crippen LogP contribution in [0.4, 0.5) is 0 Å². The second-order valence-corrected chi connectivity index (χ2v) is 7.04. The molecule has 1 heterocycles. The predicted molar refractivity (Wildman–Crippen MR) is 69.8 cm³/mol. The third kappa shape index (κ3) is 4.17. The highest BCUT2D eigenvalue weighted by atomic mass is 32.2. The Balaban J connectivity index is 1.60. The van der Waals surface area contributed by atoms with Crippen LogP contribution in [-0.4, -0.2) is 46.3 Å². The van der Waals surface area contributed by atoms with E-state index < -0.39 is 0 Å². The van der Waals surface area contributed by atoms with Gasteiger partial charge in [0.25, 0.3) is 0 Å². The number of aliphatic hydroxyl groups excluding tert-OH is 1. The monoisotopic (exact) mass is 247 g/mol. The van der Waals surface area contributed by atoms with Gasteiger partial charge in [0.2, 0.25) is 0 Å². The summed E-state index contributed by atoms with van der Waals surface area (Å²) in [4.78, 5) is 0. The van der Waals surface area contributed by atoms with E-state index in [1.165, 1.54) is 23.8 Å². The molecule has 2 rings (SSSR count). The van der Waals surface area contributed by atoms with Crippen LogP contribution in [-0.2, 0) is 0 Å². The van der Waals surface area contributed by atoms with Crippen molar-refractivity contribution in [2.24, 2.45) is 0 Å². The van der Waals surface area contributed by atoms with Crippen LogP contribution in [0.15, 0.2) is 0 Å². The number of rotatable bonds is 3. The lowest BCUT2D eigenvalue weighted by Crippen LogP contribution is -2.39. The molecule has 15 heavy (non-hydrogen) atoms. The first kappa shape index (κ1) is 12.1. The summed E-state index contributed by atoms with van der Waals surface area (Å²) in [5, 5.41) is 13.9. The fourth-order valence-electron chi connectivity index (χ4n) is 2.23. The molecule has 1 aliphatic heterocycles. The zero-order valence-electron chi connectivity index (χ0n) is 9.15. The van der Waals surface area contributed by atoms with Crippen molar-refractivity contribution in [2.45, 2.75) is 43.1 Å². The quantitative estimate of drug-likeness (QED) is 0.795. The molecule has 1 unspecified atom stereocenters. The van der Waals surface area contributed by atoms with Gasteiger partial charge in [0.05, 0.1) is 6.10 Å². The maximum absolute atomic E-state index is 9.41. The molecular weight excluding hydrogens is 226 g/mol. The minimum absolute atomic E-state index is 0.0253. The first-order chi connectivity index (χ1) is 7.34. The van der Waals surface area contributed by atoms with Crippen LogP contribution in [0.3, 0.4) is 0 Å². The first-order valence-electron chi connectivity index (χ1n) is 5.95. The summed E-state index contributed by atoms with van der Waals surface area (Å²) in [6.45, 7) is 1.17. The van der Waals surface area contributed by atoms with Gasteiger partial charge in [0, 0.05) is 35.1 Å². The van der Waals surface area contributed by atoms with E-state index in [1.54, 1.807) is 0 Å². The Kier molecular flexibility index (Phi) is 5.14. The van der Waals surface area contributed by atoms with Crippen molar-refractivity contribution in [2.75, 3.05) is 23.8 Å². The maximum atomic E-state index is 9.41. The topological polar surface area (TPSA) is 32.3 Å². The predicted octanol–water partition coefficient (Wildman–Crippen LogP) is 1.73. The minimum Gasteiger partial charge on any atom is -0.393 e. The summed E-state index contributed by atoms with van der Waals surface area (Å²) in [7, 11) is 0. The Bertz CT molecular complexity index is 177. The van der Waals surface area contributed by atoms with E-state index in [-0.39, 0.29) is 6.10 Å². The molecule has 0 bridgehead atoms. The summed E-state index contributed by atoms with van der Waals surface area (Å²) in [5.74, 6) is 3.96. The molecule has 0 aromatic rings. The Morgan fingerprint density at radius 1 is 1.13 bits per heavy atom. The smallest absolute Gasteiger partial charge is 0.0541 e. The summed E-state index contributed by atoms with van der Waals surface area (Å²) < 4.78 is 0. The van der Waals surface area contributed by atoms with Crippen LogP contribution >= 0.6 is 23.5 Å². The first-order valence-corrected chi connectivity index (χ1v) is 8.16. The van der Waals surface area contributed by atoms with E-state index in [1.807, 2.05) is 0 Å². The van der Waals surface area contributed by atoms with Crippen LogP contribution in [0.2, 0.25) is 0 Å². The van der Waals surface area contributed by atoms with Crippen molar-refractivity contribution in [1.82, 2.24) is 5.32 Å². The SMILES string of the molecule is OC1CCC(NCC2CSCCS2)CC1. The molecule has 2 aliphatic rings. The number of aliphatic hydroxyl groups is 1. The Morgan fingerprint density at radius 3 is 2.60 bits per heavy atom. The van der Waals surface area contributed by atoms with E-state index in [2.05, 4.69) is 28.8 Å². The third-order valence-electron chi connectivity index (χ3n) is 3.22. The minimum atomic E-state index is -0.0253. The highest BCUT2D eigenvalue weighted by molar-refractivity contribution is 8.06. The summed E-state index contributed by atoms with van der Waals surface area (Å²) in [6.07, 6.45) is 4.27. The molecule has 2 fully saturated rings. The van der Waals surface area contributed by atoms with Crippen molar-refractivity contribution < 1.29 is 5.11 Å². The van der Waals surface area contributed by atoms with Gasteiger partial charge in [-0.15, -0.1) is 0 Å². The van der Waals surface area contributed by atoms with Crippen molar-refractivity contribution in [3.05, 3.63) is 0 Å². The van der Waals surface area contributed by atoms with Crippen molar-refractivity contribution in [3.8, 4) is 0 Å². The summed E-state index contributed by atoms with van der Waals surface area (Å²) >= 11 is 4.21. The van der Waals surface area contributed by atoms with Crippen LogP contribution in [0.1, 0.15) is 25.7 Å². The highest BCUT2D eigenvalue weighted by Crippen LogP contribution is 2.24. The standard InChI is InChI=1S/C11H21NOS2/c13-10-3-1-9(2-4-10)12-7-11-8-14-5-6-15-11/h9-13H,1-8H2. The fraction of sp³-hybridized carbons (Fsp3) is 1.00. The average molecular weight is 247 g/mol. The van der Waals surface area contributed by atoms with E-state index in [9.17, 15) is 5.11 Å². The molecule has 2 N–H and O–H groups in total. The fourth-order valence-corrected chi connectivity index (χ4v) is 4.86. The summed E-state index contributed by atoms with van der Waals surface area (Å²) in [5.41, 5.74) is 0. The van der Waals surface area contributed by atoms with Crippen molar-refractivity contribution >= 4 is 23.5 Å². The Hall–Kier alpha value is 0.620. The van der Waals surface area contributed by atoms with Crippen LogP contribution in [0.25, 0.3) is 0 Å². The molecule has 0 aromatic carbocycles. The molecule has 4 heteroatoms. The van der Waals surface area contributed by atoms with Gasteiger partial charge in [-0.1, -0.05) is 0 Å². The number of thioether (sulfide) groups is 2. The normalized spacial score (nSPS) is 37.8. The van der Waals surface area contributed by atoms with Gasteiger partial charge >= 0.3 is 0 Å². The van der Waals surface area contributed by atoms with Gasteiger partial charge in [-0.3, -0.25) is 0 Å². The zero-order valence-corrected chi connectivity index (χ0v) is 10.8. The van der Waals surface area contributed by atoms with Crippen molar-refractivity contribution in [3.63, 3.8) is 0 Å². The van der Waals surface area contributed by atoms with E-state index in [0.717, 1.165) is 30.9 Å². The molecule has 1 atom stereocenters. The van der Waals surface area contributed by atoms with E-state index in [4.69, 9.17) is 0 Å². The van der Waals surface area contributed by atoms with Crippen LogP contribution in [0.5, 0.6) is 0 Å². The molecule has 1 saturated heterocycles. The van der Waals surface area contributed by atoms with Gasteiger partial charge in [-0.2, -0.15) is 23.5 Å². The van der Waals surface area contributed by atoms with Gasteiger partial charge in [-0.05, 0) is 25.7 Å². The largest absolute Gasteiger partial charge is 0.393 e. The number of hydrogen-bond donors (Lipinski definition) is 2. The zero-order chi connectivity index (χ0) is 10.5. The van der Waals surface area contributed by atoms with Crippen molar-refractivity contribution in [1.29, 1.82) is 0 Å². The van der Waals surface area contributed by atoms with E-state index in [0.29, 0.717) is 6.04 Å². The number of nitrogens with one attached hydrogen (secondary N) is 1. The lowest BCUT2D eigenvalue weighted by molar-refractivity contribution is 0.117. The molecule has 0 spiro atoms. The lowest BCUT2D eigenvalue weighted by atomic mass is 9.93. The molecule has 0 radical (unpaired) electrons. The average Bonchev–Trinajstić information content (AvgIpc) is 2.30. The Labute approximate surface area is 101 Å². The van der Waals surface area contributed by atoms with Crippen LogP contribution in [0, 0.1) is 0 Å². The molecule has 2 nitrogen and oxygen atoms in total. The maximum Gasteiger partial charge on any atom is 0.0541 e. The lowest BCUT2D eigenvalue weighted by Gasteiger charge is -2.29. The molecule has 1 saturated carbocycles. The summed E-state index contributed by atoms with van der Waals surface area (Å²) in [6, 6.07) is 0.668.